The highest BCUT2D eigenvalue weighted by Crippen LogP contribution is 2.34. The number of amides is 1. The maximum absolute atomic E-state index is 12.3. The van der Waals surface area contributed by atoms with Crippen molar-refractivity contribution in [1.29, 1.82) is 0 Å². The van der Waals surface area contributed by atoms with Gasteiger partial charge in [-0.2, -0.15) is 0 Å². The molecule has 106 valence electrons. The van der Waals surface area contributed by atoms with E-state index in [9.17, 15) is 4.79 Å². The number of carbonyl (C=O) groups is 1. The first-order valence-electron chi connectivity index (χ1n) is 7.07. The minimum Gasteiger partial charge on any atom is -0.497 e. The zero-order valence-corrected chi connectivity index (χ0v) is 11.6. The van der Waals surface area contributed by atoms with Gasteiger partial charge in [0, 0.05) is 12.8 Å². The molecule has 2 aliphatic rings. The molecule has 1 fully saturated rings. The third-order valence-corrected chi connectivity index (χ3v) is 4.05. The maximum Gasteiger partial charge on any atom is 0.258 e. The molecule has 4 nitrogen and oxygen atoms in total. The van der Waals surface area contributed by atoms with Gasteiger partial charge in [-0.3, -0.25) is 4.79 Å². The van der Waals surface area contributed by atoms with Crippen LogP contribution in [0.1, 0.15) is 37.7 Å². The van der Waals surface area contributed by atoms with Crippen LogP contribution in [0.2, 0.25) is 0 Å². The molecular weight excluding hydrogens is 254 g/mol. The second kappa shape index (κ2) is 5.19. The van der Waals surface area contributed by atoms with E-state index in [0.29, 0.717) is 5.57 Å². The van der Waals surface area contributed by atoms with E-state index >= 15 is 0 Å². The van der Waals surface area contributed by atoms with Gasteiger partial charge in [-0.25, -0.2) is 0 Å². The molecule has 20 heavy (non-hydrogen) atoms. The fourth-order valence-electron chi connectivity index (χ4n) is 2.86. The van der Waals surface area contributed by atoms with Crippen LogP contribution >= 0.6 is 0 Å². The van der Waals surface area contributed by atoms with Crippen molar-refractivity contribution >= 4 is 11.5 Å². The molecule has 0 aromatic heterocycles. The summed E-state index contributed by atoms with van der Waals surface area (Å²) >= 11 is 0. The summed E-state index contributed by atoms with van der Waals surface area (Å²) in [5.41, 5.74) is 0.948. The van der Waals surface area contributed by atoms with Gasteiger partial charge in [-0.1, -0.05) is 18.6 Å². The van der Waals surface area contributed by atoms with E-state index in [-0.39, 0.29) is 5.91 Å². The number of ether oxygens (including phenoxy) is 2. The van der Waals surface area contributed by atoms with Crippen molar-refractivity contribution in [3.05, 3.63) is 36.1 Å². The Morgan fingerprint density at radius 1 is 1.15 bits per heavy atom. The SMILES string of the molecule is COc1ccc(C2=COC3(CCCCC3)NC2=O)cc1. The summed E-state index contributed by atoms with van der Waals surface area (Å²) in [4.78, 5) is 12.3. The molecule has 1 saturated carbocycles. The molecule has 0 bridgehead atoms. The number of hydrogen-bond donors (Lipinski definition) is 1. The topological polar surface area (TPSA) is 47.6 Å². The highest BCUT2D eigenvalue weighted by atomic mass is 16.5. The van der Waals surface area contributed by atoms with Crippen molar-refractivity contribution < 1.29 is 14.3 Å². The van der Waals surface area contributed by atoms with E-state index in [4.69, 9.17) is 9.47 Å². The van der Waals surface area contributed by atoms with Crippen molar-refractivity contribution in [1.82, 2.24) is 5.32 Å². The zero-order valence-electron chi connectivity index (χ0n) is 11.6. The molecule has 0 radical (unpaired) electrons. The van der Waals surface area contributed by atoms with Crippen LogP contribution in [0.5, 0.6) is 5.75 Å². The minimum absolute atomic E-state index is 0.0525. The summed E-state index contributed by atoms with van der Waals surface area (Å²) in [5.74, 6) is 0.721. The van der Waals surface area contributed by atoms with Gasteiger partial charge in [0.1, 0.15) is 5.75 Å². The van der Waals surface area contributed by atoms with E-state index < -0.39 is 5.72 Å². The summed E-state index contributed by atoms with van der Waals surface area (Å²) in [6, 6.07) is 7.42. The lowest BCUT2D eigenvalue weighted by Gasteiger charge is -2.39. The Bertz CT molecular complexity index is 527. The zero-order chi connectivity index (χ0) is 14.0. The first-order chi connectivity index (χ1) is 9.72. The van der Waals surface area contributed by atoms with Gasteiger partial charge in [-0.15, -0.1) is 0 Å². The molecule has 1 N–H and O–H groups in total. The molecule has 1 spiro atoms. The number of benzene rings is 1. The molecule has 1 aromatic rings. The fourth-order valence-corrected chi connectivity index (χ4v) is 2.86. The predicted molar refractivity (Wildman–Crippen MR) is 76.0 cm³/mol. The van der Waals surface area contributed by atoms with E-state index in [2.05, 4.69) is 5.32 Å². The molecular formula is C16H19NO3. The van der Waals surface area contributed by atoms with E-state index in [1.54, 1.807) is 13.4 Å². The Balaban J connectivity index is 1.82. The molecule has 3 rings (SSSR count). The van der Waals surface area contributed by atoms with Crippen molar-refractivity contribution in [2.75, 3.05) is 7.11 Å². The smallest absolute Gasteiger partial charge is 0.258 e. The van der Waals surface area contributed by atoms with Crippen molar-refractivity contribution in [3.63, 3.8) is 0 Å². The van der Waals surface area contributed by atoms with Gasteiger partial charge >= 0.3 is 0 Å². The first-order valence-corrected chi connectivity index (χ1v) is 7.07. The standard InChI is InChI=1S/C16H19NO3/c1-19-13-7-5-12(6-8-13)14-11-20-16(17-15(14)18)9-3-2-4-10-16/h5-8,11H,2-4,9-10H2,1H3,(H,17,18). The number of carbonyl (C=O) groups excluding carboxylic acids is 1. The Hall–Kier alpha value is -1.97. The number of methoxy groups -OCH3 is 1. The second-order valence-corrected chi connectivity index (χ2v) is 5.39. The number of rotatable bonds is 2. The second-order valence-electron chi connectivity index (χ2n) is 5.39. The monoisotopic (exact) mass is 273 g/mol. The lowest BCUT2D eigenvalue weighted by molar-refractivity contribution is -0.129. The third kappa shape index (κ3) is 2.38. The summed E-state index contributed by atoms with van der Waals surface area (Å²) in [5, 5.41) is 3.05. The van der Waals surface area contributed by atoms with E-state index in [1.807, 2.05) is 24.3 Å². The van der Waals surface area contributed by atoms with Gasteiger partial charge in [0.15, 0.2) is 5.72 Å². The van der Waals surface area contributed by atoms with Crippen molar-refractivity contribution in [3.8, 4) is 5.75 Å². The molecule has 1 amide bonds. The summed E-state index contributed by atoms with van der Waals surface area (Å²) in [6.45, 7) is 0. The van der Waals surface area contributed by atoms with Gasteiger partial charge in [0.25, 0.3) is 5.91 Å². The van der Waals surface area contributed by atoms with Crippen LogP contribution in [0.3, 0.4) is 0 Å². The van der Waals surface area contributed by atoms with Gasteiger partial charge in [0.05, 0.1) is 18.9 Å². The Morgan fingerprint density at radius 2 is 1.85 bits per heavy atom. The first kappa shape index (κ1) is 13.0. The van der Waals surface area contributed by atoms with Crippen molar-refractivity contribution in [2.24, 2.45) is 0 Å². The molecule has 4 heteroatoms. The van der Waals surface area contributed by atoms with Crippen LogP contribution in [0.25, 0.3) is 5.57 Å². The van der Waals surface area contributed by atoms with Crippen LogP contribution < -0.4 is 10.1 Å². The molecule has 0 saturated heterocycles. The fraction of sp³-hybridized carbons (Fsp3) is 0.438. The average molecular weight is 273 g/mol. The molecule has 0 unspecified atom stereocenters. The van der Waals surface area contributed by atoms with Gasteiger partial charge in [-0.05, 0) is 30.5 Å². The summed E-state index contributed by atoms with van der Waals surface area (Å²) < 4.78 is 11.0. The van der Waals surface area contributed by atoms with Gasteiger partial charge in [0.2, 0.25) is 0 Å². The molecule has 1 aliphatic heterocycles. The largest absolute Gasteiger partial charge is 0.497 e. The molecule has 0 atom stereocenters. The maximum atomic E-state index is 12.3. The lowest BCUT2D eigenvalue weighted by atomic mass is 9.90. The van der Waals surface area contributed by atoms with E-state index in [1.165, 1.54) is 6.42 Å². The molecule has 1 aliphatic carbocycles. The van der Waals surface area contributed by atoms with Crippen LogP contribution in [-0.2, 0) is 9.53 Å². The van der Waals surface area contributed by atoms with Crippen molar-refractivity contribution in [2.45, 2.75) is 37.8 Å². The third-order valence-electron chi connectivity index (χ3n) is 4.05. The Labute approximate surface area is 118 Å². The quantitative estimate of drug-likeness (QED) is 0.901. The molecule has 1 heterocycles. The predicted octanol–water partition coefficient (Wildman–Crippen LogP) is 2.84. The highest BCUT2D eigenvalue weighted by molar-refractivity contribution is 6.19. The summed E-state index contributed by atoms with van der Waals surface area (Å²) in [6.07, 6.45) is 6.83. The van der Waals surface area contributed by atoms with Crippen LogP contribution in [0, 0.1) is 0 Å². The Morgan fingerprint density at radius 3 is 2.45 bits per heavy atom. The normalized spacial score (nSPS) is 20.9. The van der Waals surface area contributed by atoms with Crippen LogP contribution in [-0.4, -0.2) is 18.7 Å². The number of nitrogens with one attached hydrogen (secondary N) is 1. The molecule has 1 aromatic carbocycles. The minimum atomic E-state index is -0.467. The Kier molecular flexibility index (Phi) is 3.38. The van der Waals surface area contributed by atoms with Crippen LogP contribution in [0.4, 0.5) is 0 Å². The van der Waals surface area contributed by atoms with Crippen LogP contribution in [0.15, 0.2) is 30.5 Å². The average Bonchev–Trinajstić information content (AvgIpc) is 2.48. The number of hydrogen-bond acceptors (Lipinski definition) is 3. The lowest BCUT2D eigenvalue weighted by Crippen LogP contribution is -2.53. The van der Waals surface area contributed by atoms with Gasteiger partial charge < -0.3 is 14.8 Å². The van der Waals surface area contributed by atoms with E-state index in [0.717, 1.165) is 37.0 Å². The highest BCUT2D eigenvalue weighted by Gasteiger charge is 2.38. The summed E-state index contributed by atoms with van der Waals surface area (Å²) in [7, 11) is 1.62.